The second kappa shape index (κ2) is 8.43. The molecular formula is C13H23N3OS2. The number of nitrogens with one attached hydrogen (secondary N) is 1. The molecule has 19 heavy (non-hydrogen) atoms. The van der Waals surface area contributed by atoms with Gasteiger partial charge in [-0.25, -0.2) is 4.98 Å². The van der Waals surface area contributed by atoms with Gasteiger partial charge in [0.25, 0.3) is 0 Å². The van der Waals surface area contributed by atoms with E-state index in [1.165, 1.54) is 29.5 Å². The molecule has 6 heteroatoms. The second-order valence-corrected chi connectivity index (χ2v) is 7.44. The summed E-state index contributed by atoms with van der Waals surface area (Å²) in [6.07, 6.45) is 5.14. The first-order valence-electron chi connectivity index (χ1n) is 6.61. The van der Waals surface area contributed by atoms with Gasteiger partial charge < -0.3 is 11.1 Å². The van der Waals surface area contributed by atoms with Gasteiger partial charge in [-0.3, -0.25) is 4.79 Å². The van der Waals surface area contributed by atoms with E-state index < -0.39 is 0 Å². The first-order valence-corrected chi connectivity index (χ1v) is 8.41. The van der Waals surface area contributed by atoms with Crippen LogP contribution in [0.4, 0.5) is 5.13 Å². The number of thiazole rings is 1. The summed E-state index contributed by atoms with van der Waals surface area (Å²) in [5.41, 5.74) is 5.54. The van der Waals surface area contributed by atoms with Crippen LogP contribution in [0.2, 0.25) is 0 Å². The van der Waals surface area contributed by atoms with E-state index in [2.05, 4.69) is 31.1 Å². The monoisotopic (exact) mass is 301 g/mol. The van der Waals surface area contributed by atoms with E-state index in [4.69, 9.17) is 5.73 Å². The molecule has 3 N–H and O–H groups in total. The van der Waals surface area contributed by atoms with Crippen molar-refractivity contribution < 1.29 is 4.79 Å². The maximum atomic E-state index is 11.8. The molecule has 0 fully saturated rings. The maximum absolute atomic E-state index is 11.8. The molecule has 108 valence electrons. The van der Waals surface area contributed by atoms with Crippen LogP contribution in [0.15, 0.2) is 10.4 Å². The number of hydrogen-bond acceptors (Lipinski definition) is 5. The van der Waals surface area contributed by atoms with Crippen molar-refractivity contribution in [2.45, 2.75) is 50.3 Å². The van der Waals surface area contributed by atoms with Crippen molar-refractivity contribution >= 4 is 34.1 Å². The fourth-order valence-corrected chi connectivity index (χ4v) is 3.27. The lowest BCUT2D eigenvalue weighted by atomic mass is 10.0. The molecule has 0 saturated carbocycles. The smallest absolute Gasteiger partial charge is 0.230 e. The largest absolute Gasteiger partial charge is 0.375 e. The number of thioether (sulfide) groups is 1. The Balaban J connectivity index is 2.16. The molecule has 1 atom stereocenters. The highest BCUT2D eigenvalue weighted by Gasteiger charge is 2.09. The second-order valence-electron chi connectivity index (χ2n) is 5.10. The van der Waals surface area contributed by atoms with Crippen LogP contribution in [0.1, 0.15) is 40.0 Å². The number of nitrogens with zero attached hydrogens (tertiary/aromatic N) is 1. The van der Waals surface area contributed by atoms with Crippen LogP contribution in [0, 0.1) is 5.92 Å². The van der Waals surface area contributed by atoms with Crippen LogP contribution in [0.5, 0.6) is 0 Å². The molecule has 1 heterocycles. The first kappa shape index (κ1) is 16.3. The molecule has 1 rings (SSSR count). The molecule has 0 aromatic carbocycles. The Bertz CT molecular complexity index is 393. The molecule has 0 bridgehead atoms. The molecule has 1 aromatic heterocycles. The van der Waals surface area contributed by atoms with Crippen molar-refractivity contribution in [3.05, 3.63) is 6.20 Å². The van der Waals surface area contributed by atoms with E-state index in [9.17, 15) is 4.79 Å². The van der Waals surface area contributed by atoms with E-state index in [0.29, 0.717) is 10.9 Å². The van der Waals surface area contributed by atoms with E-state index in [-0.39, 0.29) is 11.9 Å². The van der Waals surface area contributed by atoms with Gasteiger partial charge >= 0.3 is 0 Å². The fourth-order valence-electron chi connectivity index (χ4n) is 1.70. The highest BCUT2D eigenvalue weighted by atomic mass is 32.2. The van der Waals surface area contributed by atoms with Crippen molar-refractivity contribution in [3.8, 4) is 0 Å². The molecule has 0 spiro atoms. The number of rotatable bonds is 8. The lowest BCUT2D eigenvalue weighted by molar-refractivity contribution is -0.119. The average molecular weight is 301 g/mol. The maximum Gasteiger partial charge on any atom is 0.230 e. The minimum Gasteiger partial charge on any atom is -0.375 e. The average Bonchev–Trinajstić information content (AvgIpc) is 2.72. The van der Waals surface area contributed by atoms with Crippen LogP contribution in [0.3, 0.4) is 0 Å². The number of carbonyl (C=O) groups excluding carboxylic acids is 1. The topological polar surface area (TPSA) is 68.0 Å². The normalized spacial score (nSPS) is 12.6. The Morgan fingerprint density at radius 3 is 2.79 bits per heavy atom. The highest BCUT2D eigenvalue weighted by molar-refractivity contribution is 8.01. The number of anilines is 1. The Labute approximate surface area is 123 Å². The Morgan fingerprint density at radius 2 is 2.21 bits per heavy atom. The van der Waals surface area contributed by atoms with E-state index in [1.807, 2.05) is 0 Å². The standard InChI is InChI=1S/C13H23N3OS2/c1-9(2)5-4-6-10(3)16-11(17)8-18-12-7-15-13(14)19-12/h7,9-10H,4-6,8H2,1-3H3,(H2,14,15)(H,16,17). The van der Waals surface area contributed by atoms with Crippen LogP contribution < -0.4 is 11.1 Å². The summed E-state index contributed by atoms with van der Waals surface area (Å²) in [4.78, 5) is 15.7. The van der Waals surface area contributed by atoms with Crippen LogP contribution in [-0.2, 0) is 4.79 Å². The number of amides is 1. The predicted octanol–water partition coefficient (Wildman–Crippen LogP) is 3.15. The van der Waals surface area contributed by atoms with Crippen molar-refractivity contribution in [3.63, 3.8) is 0 Å². The third kappa shape index (κ3) is 7.42. The van der Waals surface area contributed by atoms with Crippen LogP contribution in [-0.4, -0.2) is 22.7 Å². The number of hydrogen-bond donors (Lipinski definition) is 2. The Hall–Kier alpha value is -0.750. The summed E-state index contributed by atoms with van der Waals surface area (Å²) < 4.78 is 0.986. The van der Waals surface area contributed by atoms with E-state index in [0.717, 1.165) is 23.0 Å². The summed E-state index contributed by atoms with van der Waals surface area (Å²) in [5, 5.41) is 3.57. The van der Waals surface area contributed by atoms with Crippen molar-refractivity contribution in [2.75, 3.05) is 11.5 Å². The minimum atomic E-state index is 0.0778. The molecule has 0 aliphatic carbocycles. The molecule has 1 amide bonds. The van der Waals surface area contributed by atoms with Gasteiger partial charge in [0, 0.05) is 6.04 Å². The number of nitrogen functional groups attached to an aromatic ring is 1. The Morgan fingerprint density at radius 1 is 1.47 bits per heavy atom. The van der Waals surface area contributed by atoms with Crippen molar-refractivity contribution in [1.29, 1.82) is 0 Å². The molecule has 0 aliphatic heterocycles. The van der Waals surface area contributed by atoms with Gasteiger partial charge in [0.15, 0.2) is 5.13 Å². The van der Waals surface area contributed by atoms with Crippen LogP contribution in [0.25, 0.3) is 0 Å². The lowest BCUT2D eigenvalue weighted by Gasteiger charge is -2.14. The third-order valence-electron chi connectivity index (χ3n) is 2.67. The van der Waals surface area contributed by atoms with Gasteiger partial charge in [-0.2, -0.15) is 0 Å². The zero-order valence-electron chi connectivity index (χ0n) is 11.8. The zero-order valence-corrected chi connectivity index (χ0v) is 13.4. The number of nitrogens with two attached hydrogens (primary N) is 1. The molecule has 1 aromatic rings. The van der Waals surface area contributed by atoms with Gasteiger partial charge in [-0.15, -0.1) is 11.8 Å². The van der Waals surface area contributed by atoms with Crippen LogP contribution >= 0.6 is 23.1 Å². The number of carbonyl (C=O) groups is 1. The molecule has 0 radical (unpaired) electrons. The highest BCUT2D eigenvalue weighted by Crippen LogP contribution is 2.25. The Kier molecular flexibility index (Phi) is 7.23. The molecule has 0 aliphatic rings. The molecular weight excluding hydrogens is 278 g/mol. The summed E-state index contributed by atoms with van der Waals surface area (Å²) in [6.45, 7) is 6.51. The predicted molar refractivity (Wildman–Crippen MR) is 83.5 cm³/mol. The zero-order chi connectivity index (χ0) is 14.3. The van der Waals surface area contributed by atoms with Gasteiger partial charge in [-0.05, 0) is 19.3 Å². The van der Waals surface area contributed by atoms with Gasteiger partial charge in [0.2, 0.25) is 5.91 Å². The minimum absolute atomic E-state index is 0.0778. The third-order valence-corrected chi connectivity index (χ3v) is 4.70. The summed E-state index contributed by atoms with van der Waals surface area (Å²) in [7, 11) is 0. The SMILES string of the molecule is CC(C)CCCC(C)NC(=O)CSc1cnc(N)s1. The first-order chi connectivity index (χ1) is 8.97. The van der Waals surface area contributed by atoms with Gasteiger partial charge in [0.05, 0.1) is 16.2 Å². The lowest BCUT2D eigenvalue weighted by Crippen LogP contribution is -2.33. The van der Waals surface area contributed by atoms with Crippen molar-refractivity contribution in [2.24, 2.45) is 5.92 Å². The quantitative estimate of drug-likeness (QED) is 0.724. The summed E-state index contributed by atoms with van der Waals surface area (Å²) >= 11 is 2.90. The van der Waals surface area contributed by atoms with Crippen molar-refractivity contribution in [1.82, 2.24) is 10.3 Å². The molecule has 4 nitrogen and oxygen atoms in total. The molecule has 0 saturated heterocycles. The van der Waals surface area contributed by atoms with E-state index >= 15 is 0 Å². The number of aromatic nitrogens is 1. The molecule has 1 unspecified atom stereocenters. The summed E-state index contributed by atoms with van der Waals surface area (Å²) in [6, 6.07) is 0.249. The summed E-state index contributed by atoms with van der Waals surface area (Å²) in [5.74, 6) is 1.24. The van der Waals surface area contributed by atoms with Gasteiger partial charge in [-0.1, -0.05) is 38.0 Å². The van der Waals surface area contributed by atoms with E-state index in [1.54, 1.807) is 6.20 Å². The van der Waals surface area contributed by atoms with Gasteiger partial charge in [0.1, 0.15) is 0 Å². The fraction of sp³-hybridized carbons (Fsp3) is 0.692.